The Kier molecular flexibility index (Phi) is 2.81. The molecular weight excluding hydrogens is 202 g/mol. The summed E-state index contributed by atoms with van der Waals surface area (Å²) >= 11 is 0. The van der Waals surface area contributed by atoms with Crippen LogP contribution in [0.3, 0.4) is 0 Å². The average Bonchev–Trinajstić information content (AvgIpc) is 2.76. The highest BCUT2D eigenvalue weighted by Crippen LogP contribution is 2.07. The molecule has 16 heavy (non-hydrogen) atoms. The topological polar surface area (TPSA) is 47.8 Å². The summed E-state index contributed by atoms with van der Waals surface area (Å²) in [6.45, 7) is 4.64. The number of carbonyl (C=O) groups is 1. The van der Waals surface area contributed by atoms with E-state index in [9.17, 15) is 4.79 Å². The third-order valence-corrected chi connectivity index (χ3v) is 2.41. The number of hydrogen-bond acceptors (Lipinski definition) is 3. The lowest BCUT2D eigenvalue weighted by atomic mass is 10.2. The molecule has 0 radical (unpaired) electrons. The number of rotatable bonds is 3. The first-order valence-corrected chi connectivity index (χ1v) is 5.21. The predicted molar refractivity (Wildman–Crippen MR) is 60.3 cm³/mol. The third kappa shape index (κ3) is 1.86. The first-order chi connectivity index (χ1) is 7.72. The van der Waals surface area contributed by atoms with Crippen molar-refractivity contribution in [2.75, 3.05) is 0 Å². The highest BCUT2D eigenvalue weighted by molar-refractivity contribution is 6.05. The van der Waals surface area contributed by atoms with Crippen molar-refractivity contribution in [3.05, 3.63) is 47.8 Å². The van der Waals surface area contributed by atoms with Gasteiger partial charge in [0.15, 0.2) is 5.82 Å². The molecule has 82 valence electrons. The van der Waals surface area contributed by atoms with Gasteiger partial charge in [0, 0.05) is 25.1 Å². The van der Waals surface area contributed by atoms with Crippen LogP contribution in [0.2, 0.25) is 0 Å². The Bertz CT molecular complexity index is 516. The lowest BCUT2D eigenvalue weighted by Crippen LogP contribution is -2.12. The molecule has 0 amide bonds. The molecule has 2 rings (SSSR count). The second kappa shape index (κ2) is 4.26. The van der Waals surface area contributed by atoms with E-state index in [1.165, 1.54) is 0 Å². The summed E-state index contributed by atoms with van der Waals surface area (Å²) in [5.74, 6) is 0.316. The van der Waals surface area contributed by atoms with Gasteiger partial charge in [-0.25, -0.2) is 4.98 Å². The monoisotopic (exact) mass is 215 g/mol. The second-order valence-corrected chi connectivity index (χ2v) is 3.58. The number of aromatic nitrogens is 3. The van der Waals surface area contributed by atoms with Gasteiger partial charge < -0.3 is 4.57 Å². The van der Waals surface area contributed by atoms with Crippen molar-refractivity contribution in [1.82, 2.24) is 14.5 Å². The van der Waals surface area contributed by atoms with Gasteiger partial charge in [0.25, 0.3) is 0 Å². The van der Waals surface area contributed by atoms with Crippen molar-refractivity contribution in [3.63, 3.8) is 0 Å². The van der Waals surface area contributed by atoms with Crippen molar-refractivity contribution in [3.8, 4) is 0 Å². The average molecular weight is 215 g/mol. The Balaban J connectivity index is 2.39. The SMILES string of the molecule is CCn1ccnc1C(=O)c1cc(C)ccn1. The smallest absolute Gasteiger partial charge is 0.246 e. The summed E-state index contributed by atoms with van der Waals surface area (Å²) in [5, 5.41) is 0. The molecule has 0 saturated heterocycles. The number of hydrogen-bond donors (Lipinski definition) is 0. The van der Waals surface area contributed by atoms with Gasteiger partial charge in [0.1, 0.15) is 5.69 Å². The number of imidazole rings is 1. The van der Waals surface area contributed by atoms with Crippen LogP contribution in [0, 0.1) is 6.92 Å². The molecule has 2 heterocycles. The zero-order valence-electron chi connectivity index (χ0n) is 9.34. The van der Waals surface area contributed by atoms with Crippen LogP contribution in [-0.2, 0) is 6.54 Å². The largest absolute Gasteiger partial charge is 0.328 e. The van der Waals surface area contributed by atoms with E-state index in [0.29, 0.717) is 11.5 Å². The Morgan fingerprint density at radius 1 is 1.38 bits per heavy atom. The molecule has 0 bridgehead atoms. The fourth-order valence-corrected chi connectivity index (χ4v) is 1.55. The molecule has 4 nitrogen and oxygen atoms in total. The standard InChI is InChI=1S/C12H13N3O/c1-3-15-7-6-14-12(15)11(16)10-8-9(2)4-5-13-10/h4-8H,3H2,1-2H3. The summed E-state index contributed by atoms with van der Waals surface area (Å²) < 4.78 is 1.81. The Labute approximate surface area is 94.0 Å². The number of pyridine rings is 1. The molecule has 0 unspecified atom stereocenters. The second-order valence-electron chi connectivity index (χ2n) is 3.58. The summed E-state index contributed by atoms with van der Waals surface area (Å²) in [6, 6.07) is 3.64. The summed E-state index contributed by atoms with van der Waals surface area (Å²) in [5.41, 5.74) is 1.47. The Morgan fingerprint density at radius 2 is 2.19 bits per heavy atom. The molecule has 0 aliphatic rings. The van der Waals surface area contributed by atoms with Crippen molar-refractivity contribution < 1.29 is 4.79 Å². The molecule has 2 aromatic heterocycles. The van der Waals surface area contributed by atoms with Gasteiger partial charge in [-0.1, -0.05) is 0 Å². The van der Waals surface area contributed by atoms with Gasteiger partial charge >= 0.3 is 0 Å². The maximum atomic E-state index is 12.1. The maximum absolute atomic E-state index is 12.1. The Hall–Kier alpha value is -1.97. The molecule has 0 aliphatic carbocycles. The van der Waals surface area contributed by atoms with Crippen molar-refractivity contribution in [1.29, 1.82) is 0 Å². The minimum atomic E-state index is -0.129. The number of aryl methyl sites for hydroxylation is 2. The fourth-order valence-electron chi connectivity index (χ4n) is 1.55. The first kappa shape index (κ1) is 10.5. The van der Waals surface area contributed by atoms with Crippen LogP contribution in [0.5, 0.6) is 0 Å². The van der Waals surface area contributed by atoms with Gasteiger partial charge in [-0.15, -0.1) is 0 Å². The molecule has 0 atom stereocenters. The number of ketones is 1. The van der Waals surface area contributed by atoms with Crippen molar-refractivity contribution in [2.45, 2.75) is 20.4 Å². The Morgan fingerprint density at radius 3 is 2.88 bits per heavy atom. The molecule has 0 N–H and O–H groups in total. The molecule has 4 heteroatoms. The highest BCUT2D eigenvalue weighted by atomic mass is 16.1. The minimum Gasteiger partial charge on any atom is -0.328 e. The molecule has 0 aromatic carbocycles. The van der Waals surface area contributed by atoms with E-state index in [0.717, 1.165) is 12.1 Å². The lowest BCUT2D eigenvalue weighted by Gasteiger charge is -2.03. The van der Waals surface area contributed by atoms with Crippen LogP contribution in [0.15, 0.2) is 30.7 Å². The zero-order chi connectivity index (χ0) is 11.5. The van der Waals surface area contributed by atoms with Crippen LogP contribution in [0.4, 0.5) is 0 Å². The number of carbonyl (C=O) groups excluding carboxylic acids is 1. The van der Waals surface area contributed by atoms with E-state index in [1.54, 1.807) is 24.7 Å². The fraction of sp³-hybridized carbons (Fsp3) is 0.250. The van der Waals surface area contributed by atoms with Crippen LogP contribution in [-0.4, -0.2) is 20.3 Å². The van der Waals surface area contributed by atoms with Crippen molar-refractivity contribution in [2.24, 2.45) is 0 Å². The van der Waals surface area contributed by atoms with Gasteiger partial charge in [0.2, 0.25) is 5.78 Å². The van der Waals surface area contributed by atoms with E-state index >= 15 is 0 Å². The van der Waals surface area contributed by atoms with E-state index in [2.05, 4.69) is 9.97 Å². The van der Waals surface area contributed by atoms with Gasteiger partial charge in [-0.2, -0.15) is 0 Å². The molecule has 0 fully saturated rings. The molecular formula is C12H13N3O. The third-order valence-electron chi connectivity index (χ3n) is 2.41. The molecule has 2 aromatic rings. The van der Waals surface area contributed by atoms with Gasteiger partial charge in [0.05, 0.1) is 0 Å². The van der Waals surface area contributed by atoms with Gasteiger partial charge in [-0.3, -0.25) is 9.78 Å². The number of nitrogens with zero attached hydrogens (tertiary/aromatic N) is 3. The van der Waals surface area contributed by atoms with Crippen LogP contribution in [0.1, 0.15) is 28.8 Å². The normalized spacial score (nSPS) is 10.4. The maximum Gasteiger partial charge on any atom is 0.246 e. The first-order valence-electron chi connectivity index (χ1n) is 5.21. The lowest BCUT2D eigenvalue weighted by molar-refractivity contribution is 0.102. The summed E-state index contributed by atoms with van der Waals surface area (Å²) in [6.07, 6.45) is 5.07. The van der Waals surface area contributed by atoms with Gasteiger partial charge in [-0.05, 0) is 31.5 Å². The predicted octanol–water partition coefficient (Wildman–Crippen LogP) is 1.84. The van der Waals surface area contributed by atoms with E-state index < -0.39 is 0 Å². The van der Waals surface area contributed by atoms with Crippen molar-refractivity contribution >= 4 is 5.78 Å². The zero-order valence-corrected chi connectivity index (χ0v) is 9.34. The molecule has 0 aliphatic heterocycles. The van der Waals surface area contributed by atoms with Crippen LogP contribution in [0.25, 0.3) is 0 Å². The van der Waals surface area contributed by atoms with E-state index in [-0.39, 0.29) is 5.78 Å². The summed E-state index contributed by atoms with van der Waals surface area (Å²) in [4.78, 5) is 20.2. The summed E-state index contributed by atoms with van der Waals surface area (Å²) in [7, 11) is 0. The highest BCUT2D eigenvalue weighted by Gasteiger charge is 2.15. The van der Waals surface area contributed by atoms with Crippen LogP contribution < -0.4 is 0 Å². The molecule has 0 saturated carbocycles. The van der Waals surface area contributed by atoms with Crippen LogP contribution >= 0.6 is 0 Å². The minimum absolute atomic E-state index is 0.129. The van der Waals surface area contributed by atoms with E-state index in [1.807, 2.05) is 24.5 Å². The van der Waals surface area contributed by atoms with E-state index in [4.69, 9.17) is 0 Å². The quantitative estimate of drug-likeness (QED) is 0.734. The molecule has 0 spiro atoms.